The molecule has 1 aromatic rings. The first-order valence-electron chi connectivity index (χ1n) is 4.67. The number of carbonyl (C=O) groups is 1. The van der Waals surface area contributed by atoms with E-state index in [0.717, 1.165) is 6.07 Å². The molecule has 1 rings (SSSR count). The predicted molar refractivity (Wildman–Crippen MR) is 57.7 cm³/mol. The van der Waals surface area contributed by atoms with Gasteiger partial charge in [-0.15, -0.1) is 0 Å². The molecular weight excluding hydrogens is 257 g/mol. The summed E-state index contributed by atoms with van der Waals surface area (Å²) < 4.78 is 38.8. The highest BCUT2D eigenvalue weighted by Crippen LogP contribution is 2.18. The summed E-state index contributed by atoms with van der Waals surface area (Å²) in [4.78, 5) is 11.4. The molecular formula is C10H10ClF3N2O. The van der Waals surface area contributed by atoms with E-state index in [1.165, 1.54) is 12.1 Å². The second-order valence-corrected chi connectivity index (χ2v) is 3.75. The van der Waals surface area contributed by atoms with Gasteiger partial charge in [0.15, 0.2) is 5.82 Å². The quantitative estimate of drug-likeness (QED) is 0.873. The molecule has 0 aliphatic rings. The number of carbonyl (C=O) groups excluding carboxylic acids is 1. The smallest absolute Gasteiger partial charge is 0.277 e. The predicted octanol–water partition coefficient (Wildman–Crippen LogP) is 1.80. The zero-order valence-electron chi connectivity index (χ0n) is 8.64. The summed E-state index contributed by atoms with van der Waals surface area (Å²) in [5, 5.41) is 1.64. The molecule has 0 bridgehead atoms. The van der Waals surface area contributed by atoms with E-state index in [0.29, 0.717) is 0 Å². The van der Waals surface area contributed by atoms with Crippen molar-refractivity contribution in [3.63, 3.8) is 0 Å². The van der Waals surface area contributed by atoms with E-state index in [1.807, 2.05) is 5.32 Å². The van der Waals surface area contributed by atoms with E-state index in [2.05, 4.69) is 0 Å². The lowest BCUT2D eigenvalue weighted by Crippen LogP contribution is -2.41. The Kier molecular flexibility index (Phi) is 4.36. The molecule has 0 spiro atoms. The van der Waals surface area contributed by atoms with Crippen molar-refractivity contribution in [2.45, 2.75) is 5.92 Å². The molecule has 0 radical (unpaired) electrons. The number of nitrogens with one attached hydrogen (secondary N) is 1. The lowest BCUT2D eigenvalue weighted by atomic mass is 10.2. The van der Waals surface area contributed by atoms with Gasteiger partial charge in [0, 0.05) is 0 Å². The molecule has 94 valence electrons. The highest BCUT2D eigenvalue weighted by Gasteiger charge is 2.27. The largest absolute Gasteiger partial charge is 0.346 e. The van der Waals surface area contributed by atoms with Crippen LogP contribution >= 0.6 is 11.6 Å². The maximum atomic E-state index is 13.3. The number of benzene rings is 1. The number of hydrogen-bond donors (Lipinski definition) is 2. The Bertz CT molecular complexity index is 426. The number of halogens is 4. The van der Waals surface area contributed by atoms with Crippen LogP contribution in [-0.4, -0.2) is 24.9 Å². The van der Waals surface area contributed by atoms with Crippen molar-refractivity contribution in [2.24, 2.45) is 5.73 Å². The molecule has 1 amide bonds. The second-order valence-electron chi connectivity index (χ2n) is 3.34. The summed E-state index contributed by atoms with van der Waals surface area (Å²) in [5.41, 5.74) is 4.40. The van der Waals surface area contributed by atoms with Crippen molar-refractivity contribution in [1.82, 2.24) is 5.32 Å². The Morgan fingerprint density at radius 1 is 1.47 bits per heavy atom. The Morgan fingerprint density at radius 3 is 2.71 bits per heavy atom. The van der Waals surface area contributed by atoms with Crippen LogP contribution in [0.25, 0.3) is 0 Å². The average Bonchev–Trinajstić information content (AvgIpc) is 2.30. The summed E-state index contributed by atoms with van der Waals surface area (Å²) in [7, 11) is 0. The van der Waals surface area contributed by atoms with E-state index >= 15 is 0 Å². The molecule has 17 heavy (non-hydrogen) atoms. The molecule has 3 N–H and O–H groups in total. The van der Waals surface area contributed by atoms with Crippen molar-refractivity contribution in [2.75, 3.05) is 13.1 Å². The van der Waals surface area contributed by atoms with E-state index in [4.69, 9.17) is 17.3 Å². The molecule has 0 heterocycles. The zero-order chi connectivity index (χ0) is 13.1. The third-order valence-electron chi connectivity index (χ3n) is 2.00. The molecule has 0 unspecified atom stereocenters. The van der Waals surface area contributed by atoms with E-state index in [-0.39, 0.29) is 10.6 Å². The number of alkyl halides is 2. The van der Waals surface area contributed by atoms with E-state index in [9.17, 15) is 18.0 Å². The Balaban J connectivity index is 2.74. The maximum Gasteiger partial charge on any atom is 0.277 e. The van der Waals surface area contributed by atoms with Crippen LogP contribution in [0, 0.1) is 5.82 Å². The Hall–Kier alpha value is -1.27. The van der Waals surface area contributed by atoms with Crippen molar-refractivity contribution >= 4 is 17.5 Å². The standard InChI is InChI=1S/C10H10ClF3N2O/c11-7-3-1-2-6(8(7)12)9(17)16-5-10(13,14)4-15/h1-3H,4-5,15H2,(H,16,17). The van der Waals surface area contributed by atoms with Gasteiger partial charge in [0.2, 0.25) is 0 Å². The first kappa shape index (κ1) is 13.8. The van der Waals surface area contributed by atoms with Crippen LogP contribution in [0.15, 0.2) is 18.2 Å². The molecule has 3 nitrogen and oxygen atoms in total. The van der Waals surface area contributed by atoms with E-state index in [1.54, 1.807) is 0 Å². The third-order valence-corrected chi connectivity index (χ3v) is 2.29. The van der Waals surface area contributed by atoms with Gasteiger partial charge >= 0.3 is 0 Å². The minimum absolute atomic E-state index is 0.247. The van der Waals surface area contributed by atoms with Gasteiger partial charge in [0.1, 0.15) is 0 Å². The maximum absolute atomic E-state index is 13.3. The summed E-state index contributed by atoms with van der Waals surface area (Å²) in [6.07, 6.45) is 0. The number of amides is 1. The summed E-state index contributed by atoms with van der Waals surface area (Å²) >= 11 is 5.45. The van der Waals surface area contributed by atoms with Crippen LogP contribution < -0.4 is 11.1 Å². The molecule has 0 fully saturated rings. The number of hydrogen-bond acceptors (Lipinski definition) is 2. The number of rotatable bonds is 4. The van der Waals surface area contributed by atoms with Gasteiger partial charge in [-0.05, 0) is 12.1 Å². The van der Waals surface area contributed by atoms with Crippen LogP contribution in [0.3, 0.4) is 0 Å². The summed E-state index contributed by atoms with van der Waals surface area (Å²) in [5.74, 6) is -5.12. The van der Waals surface area contributed by atoms with Crippen LogP contribution in [0.2, 0.25) is 5.02 Å². The van der Waals surface area contributed by atoms with Gasteiger partial charge in [-0.25, -0.2) is 13.2 Å². The fraction of sp³-hybridized carbons (Fsp3) is 0.300. The van der Waals surface area contributed by atoms with Crippen LogP contribution in [0.4, 0.5) is 13.2 Å². The fourth-order valence-electron chi connectivity index (χ4n) is 1.06. The molecule has 0 aliphatic carbocycles. The summed E-state index contributed by atoms with van der Waals surface area (Å²) in [6, 6.07) is 3.75. The van der Waals surface area contributed by atoms with Crippen LogP contribution in [0.5, 0.6) is 0 Å². The van der Waals surface area contributed by atoms with Gasteiger partial charge in [-0.2, -0.15) is 0 Å². The molecule has 0 saturated carbocycles. The van der Waals surface area contributed by atoms with Crippen molar-refractivity contribution in [3.05, 3.63) is 34.6 Å². The topological polar surface area (TPSA) is 55.1 Å². The number of nitrogens with two attached hydrogens (primary N) is 1. The lowest BCUT2D eigenvalue weighted by Gasteiger charge is -2.14. The second kappa shape index (κ2) is 5.37. The molecule has 7 heteroatoms. The third kappa shape index (κ3) is 3.61. The van der Waals surface area contributed by atoms with Gasteiger partial charge in [0.05, 0.1) is 23.7 Å². The minimum Gasteiger partial charge on any atom is -0.346 e. The van der Waals surface area contributed by atoms with Crippen molar-refractivity contribution in [3.8, 4) is 0 Å². The van der Waals surface area contributed by atoms with E-state index < -0.39 is 30.7 Å². The molecule has 1 aromatic carbocycles. The zero-order valence-corrected chi connectivity index (χ0v) is 9.40. The lowest BCUT2D eigenvalue weighted by molar-refractivity contribution is 0.0118. The van der Waals surface area contributed by atoms with Gasteiger partial charge < -0.3 is 11.1 Å². The van der Waals surface area contributed by atoms with Crippen molar-refractivity contribution in [1.29, 1.82) is 0 Å². The molecule has 0 atom stereocenters. The van der Waals surface area contributed by atoms with Crippen LogP contribution in [0.1, 0.15) is 10.4 Å². The minimum atomic E-state index is -3.22. The molecule has 0 aliphatic heterocycles. The average molecular weight is 267 g/mol. The van der Waals surface area contributed by atoms with Crippen molar-refractivity contribution < 1.29 is 18.0 Å². The van der Waals surface area contributed by atoms with Gasteiger partial charge in [-0.3, -0.25) is 4.79 Å². The monoisotopic (exact) mass is 266 g/mol. The first-order valence-corrected chi connectivity index (χ1v) is 5.05. The first-order chi connectivity index (χ1) is 7.87. The Morgan fingerprint density at radius 2 is 2.12 bits per heavy atom. The normalized spacial score (nSPS) is 11.4. The van der Waals surface area contributed by atoms with Gasteiger partial charge in [0.25, 0.3) is 11.8 Å². The van der Waals surface area contributed by atoms with Crippen LogP contribution in [-0.2, 0) is 0 Å². The molecule has 0 aromatic heterocycles. The SMILES string of the molecule is NCC(F)(F)CNC(=O)c1cccc(Cl)c1F. The highest BCUT2D eigenvalue weighted by atomic mass is 35.5. The fourth-order valence-corrected chi connectivity index (χ4v) is 1.23. The highest BCUT2D eigenvalue weighted by molar-refractivity contribution is 6.31. The summed E-state index contributed by atoms with van der Waals surface area (Å²) in [6.45, 7) is -1.85. The van der Waals surface area contributed by atoms with Gasteiger partial charge in [-0.1, -0.05) is 17.7 Å². The molecule has 0 saturated heterocycles. The Labute approximate surface area is 101 Å².